The minimum Gasteiger partial charge on any atom is -0.375 e. The van der Waals surface area contributed by atoms with Gasteiger partial charge in [0.1, 0.15) is 6.20 Å². The number of hydrogen-bond donors (Lipinski definition) is 1. The van der Waals surface area contributed by atoms with Crippen molar-refractivity contribution < 1.29 is 4.39 Å². The second kappa shape index (κ2) is 1.46. The van der Waals surface area contributed by atoms with Gasteiger partial charge in [-0.3, -0.25) is 0 Å². The van der Waals surface area contributed by atoms with Crippen LogP contribution in [0.1, 0.15) is 0 Å². The number of nitrogens with zero attached hydrogens (tertiary/aromatic N) is 1. The van der Waals surface area contributed by atoms with E-state index in [9.17, 15) is 4.39 Å². The highest BCUT2D eigenvalue weighted by atomic mass is 32.1. The van der Waals surface area contributed by atoms with Crippen molar-refractivity contribution in [3.05, 3.63) is 11.3 Å². The van der Waals surface area contributed by atoms with Gasteiger partial charge < -0.3 is 5.73 Å². The molecule has 0 fully saturated rings. The molecule has 2 nitrogen and oxygen atoms in total. The molecular formula is C3H2FN2S. The highest BCUT2D eigenvalue weighted by Crippen LogP contribution is 2.09. The van der Waals surface area contributed by atoms with Gasteiger partial charge >= 0.3 is 0 Å². The molecule has 7 heavy (non-hydrogen) atoms. The monoisotopic (exact) mass is 117 g/mol. The number of aromatic nitrogens is 1. The molecule has 1 radical (unpaired) electrons. The first-order chi connectivity index (χ1) is 3.29. The van der Waals surface area contributed by atoms with Gasteiger partial charge in [-0.2, -0.15) is 4.39 Å². The fraction of sp³-hybridized carbons (Fsp3) is 0. The quantitative estimate of drug-likeness (QED) is 0.542. The Morgan fingerprint density at radius 1 is 1.86 bits per heavy atom. The van der Waals surface area contributed by atoms with Gasteiger partial charge in [0.15, 0.2) is 5.13 Å². The van der Waals surface area contributed by atoms with Gasteiger partial charge in [0, 0.05) is 0 Å². The lowest BCUT2D eigenvalue weighted by Crippen LogP contribution is -1.77. The van der Waals surface area contributed by atoms with E-state index in [1.807, 2.05) is 6.20 Å². The van der Waals surface area contributed by atoms with Crippen molar-refractivity contribution in [2.45, 2.75) is 0 Å². The van der Waals surface area contributed by atoms with Crippen LogP contribution in [0.15, 0.2) is 0 Å². The number of halogens is 1. The summed E-state index contributed by atoms with van der Waals surface area (Å²) in [7, 11) is 0. The zero-order valence-electron chi connectivity index (χ0n) is 3.31. The van der Waals surface area contributed by atoms with Gasteiger partial charge in [-0.05, 0) is 0 Å². The Balaban J connectivity index is 3.04. The first-order valence-electron chi connectivity index (χ1n) is 1.58. The van der Waals surface area contributed by atoms with Crippen LogP contribution >= 0.6 is 11.3 Å². The van der Waals surface area contributed by atoms with E-state index < -0.39 is 5.13 Å². The predicted octanol–water partition coefficient (Wildman–Crippen LogP) is 0.665. The van der Waals surface area contributed by atoms with Crippen LogP contribution in [0.5, 0.6) is 0 Å². The summed E-state index contributed by atoms with van der Waals surface area (Å²) in [6.45, 7) is 0. The number of anilines is 1. The van der Waals surface area contributed by atoms with Crippen molar-refractivity contribution in [3.8, 4) is 0 Å². The minimum absolute atomic E-state index is 0.220. The molecule has 0 aliphatic carbocycles. The van der Waals surface area contributed by atoms with Crippen molar-refractivity contribution in [1.29, 1.82) is 0 Å². The maximum Gasteiger partial charge on any atom is 0.207 e. The highest BCUT2D eigenvalue weighted by Gasteiger charge is 1.92. The molecule has 1 aromatic heterocycles. The number of nitrogens with two attached hydrogens (primary N) is 1. The molecule has 4 heteroatoms. The van der Waals surface area contributed by atoms with Crippen LogP contribution in [-0.2, 0) is 0 Å². The zero-order valence-corrected chi connectivity index (χ0v) is 4.13. The van der Waals surface area contributed by atoms with E-state index in [0.29, 0.717) is 0 Å². The average molecular weight is 117 g/mol. The smallest absolute Gasteiger partial charge is 0.207 e. The molecule has 0 saturated carbocycles. The lowest BCUT2D eigenvalue weighted by Gasteiger charge is -1.67. The van der Waals surface area contributed by atoms with Crippen molar-refractivity contribution >= 4 is 16.5 Å². The fourth-order valence-corrected chi connectivity index (χ4v) is 0.603. The van der Waals surface area contributed by atoms with E-state index in [-0.39, 0.29) is 5.13 Å². The summed E-state index contributed by atoms with van der Waals surface area (Å²) in [4.78, 5) is 3.31. The van der Waals surface area contributed by atoms with Gasteiger partial charge in [0.25, 0.3) is 0 Å². The topological polar surface area (TPSA) is 38.9 Å². The molecule has 0 atom stereocenters. The second-order valence-corrected chi connectivity index (χ2v) is 1.92. The van der Waals surface area contributed by atoms with E-state index in [1.165, 1.54) is 0 Å². The maximum atomic E-state index is 11.7. The third-order valence-corrected chi connectivity index (χ3v) is 1.02. The Morgan fingerprint density at radius 3 is 2.71 bits per heavy atom. The Kier molecular flexibility index (Phi) is 0.941. The zero-order chi connectivity index (χ0) is 5.28. The van der Waals surface area contributed by atoms with Crippen LogP contribution < -0.4 is 5.73 Å². The third kappa shape index (κ3) is 0.866. The molecule has 0 aromatic carbocycles. The van der Waals surface area contributed by atoms with Crippen LogP contribution in [0.3, 0.4) is 0 Å². The van der Waals surface area contributed by atoms with Gasteiger partial charge in [-0.15, -0.1) is 0 Å². The van der Waals surface area contributed by atoms with Crippen LogP contribution in [0.25, 0.3) is 0 Å². The molecule has 0 unspecified atom stereocenters. The van der Waals surface area contributed by atoms with Crippen LogP contribution in [0.4, 0.5) is 9.52 Å². The Labute approximate surface area is 43.8 Å². The van der Waals surface area contributed by atoms with E-state index in [1.54, 1.807) is 0 Å². The standard InChI is InChI=1S/C3H2FN2S/c4-2-1-6-3(5)7-2/h(H2,5,6). The van der Waals surface area contributed by atoms with E-state index in [0.717, 1.165) is 11.3 Å². The molecule has 0 bridgehead atoms. The van der Waals surface area contributed by atoms with Gasteiger partial charge in [-0.1, -0.05) is 11.3 Å². The molecule has 0 amide bonds. The molecule has 1 aromatic rings. The second-order valence-electron chi connectivity index (χ2n) is 0.938. The van der Waals surface area contributed by atoms with Crippen LogP contribution in [0.2, 0.25) is 0 Å². The summed E-state index contributed by atoms with van der Waals surface area (Å²) >= 11 is 0.787. The number of rotatable bonds is 0. The Morgan fingerprint density at radius 2 is 2.57 bits per heavy atom. The summed E-state index contributed by atoms with van der Waals surface area (Å²) in [5.41, 5.74) is 5.01. The number of thiazole rings is 1. The summed E-state index contributed by atoms with van der Waals surface area (Å²) in [6, 6.07) is 0. The Hall–Kier alpha value is -0.640. The van der Waals surface area contributed by atoms with Crippen molar-refractivity contribution in [2.24, 2.45) is 0 Å². The highest BCUT2D eigenvalue weighted by molar-refractivity contribution is 7.13. The first-order valence-corrected chi connectivity index (χ1v) is 2.40. The molecule has 1 heterocycles. The molecule has 0 aliphatic rings. The Bertz CT molecular complexity index is 145. The molecule has 1 rings (SSSR count). The van der Waals surface area contributed by atoms with Crippen molar-refractivity contribution in [2.75, 3.05) is 5.73 Å². The van der Waals surface area contributed by atoms with Crippen molar-refractivity contribution in [3.63, 3.8) is 0 Å². The summed E-state index contributed by atoms with van der Waals surface area (Å²) in [5, 5.41) is -0.241. The van der Waals surface area contributed by atoms with Gasteiger partial charge in [0.05, 0.1) is 0 Å². The summed E-state index contributed by atoms with van der Waals surface area (Å²) < 4.78 is 11.7. The SMILES string of the molecule is Nc1n[c]c(F)s1. The molecule has 0 aliphatic heterocycles. The molecule has 0 spiro atoms. The van der Waals surface area contributed by atoms with E-state index >= 15 is 0 Å². The van der Waals surface area contributed by atoms with E-state index in [2.05, 4.69) is 4.98 Å². The molecule has 2 N–H and O–H groups in total. The molecule has 37 valence electrons. The number of nitrogen functional groups attached to an aromatic ring is 1. The van der Waals surface area contributed by atoms with Crippen LogP contribution in [-0.4, -0.2) is 4.98 Å². The predicted molar refractivity (Wildman–Crippen MR) is 25.3 cm³/mol. The lowest BCUT2D eigenvalue weighted by atomic mass is 11.0. The van der Waals surface area contributed by atoms with E-state index in [4.69, 9.17) is 5.73 Å². The fourth-order valence-electron chi connectivity index (χ4n) is 0.236. The maximum absolute atomic E-state index is 11.7. The largest absolute Gasteiger partial charge is 0.375 e. The summed E-state index contributed by atoms with van der Waals surface area (Å²) in [5.74, 6) is 0. The van der Waals surface area contributed by atoms with Gasteiger partial charge in [-0.25, -0.2) is 4.98 Å². The number of hydrogen-bond acceptors (Lipinski definition) is 3. The lowest BCUT2D eigenvalue weighted by molar-refractivity contribution is 0.651. The first kappa shape index (κ1) is 4.52. The summed E-state index contributed by atoms with van der Waals surface area (Å²) in [6.07, 6.45) is 2.05. The molecule has 0 saturated heterocycles. The third-order valence-electron chi connectivity index (χ3n) is 0.448. The normalized spacial score (nSPS) is 9.29. The van der Waals surface area contributed by atoms with Gasteiger partial charge in [0.2, 0.25) is 5.13 Å². The van der Waals surface area contributed by atoms with Crippen LogP contribution in [0, 0.1) is 11.3 Å². The van der Waals surface area contributed by atoms with Crippen molar-refractivity contribution in [1.82, 2.24) is 4.98 Å². The molecular weight excluding hydrogens is 115 g/mol. The minimum atomic E-state index is -0.461. The average Bonchev–Trinajstić information content (AvgIpc) is 1.87.